The first kappa shape index (κ1) is 20.9. The third-order valence-corrected chi connectivity index (χ3v) is 5.28. The quantitative estimate of drug-likeness (QED) is 0.603. The zero-order chi connectivity index (χ0) is 17.3. The van der Waals surface area contributed by atoms with Crippen molar-refractivity contribution in [2.24, 2.45) is 0 Å². The normalized spacial score (nSPS) is 11.5. The molecule has 0 saturated heterocycles. The average Bonchev–Trinajstić information content (AvgIpc) is 2.46. The van der Waals surface area contributed by atoms with Crippen molar-refractivity contribution in [3.63, 3.8) is 0 Å². The third kappa shape index (κ3) is 4.95. The Balaban J connectivity index is 0.00000288. The molecule has 2 rings (SSSR count). The van der Waals surface area contributed by atoms with Crippen LogP contribution in [0.3, 0.4) is 0 Å². The molecular weight excluding hydrogens is 365 g/mol. The fourth-order valence-corrected chi connectivity index (χ4v) is 3.42. The predicted octanol–water partition coefficient (Wildman–Crippen LogP) is 1.67. The topological polar surface area (TPSA) is 110 Å². The van der Waals surface area contributed by atoms with Gasteiger partial charge in [0.15, 0.2) is 0 Å². The van der Waals surface area contributed by atoms with Crippen molar-refractivity contribution in [3.8, 4) is 5.75 Å². The first-order valence-electron chi connectivity index (χ1n) is 6.38. The van der Waals surface area contributed by atoms with Gasteiger partial charge in [-0.1, -0.05) is 17.7 Å². The van der Waals surface area contributed by atoms with E-state index >= 15 is 0 Å². The van der Waals surface area contributed by atoms with E-state index in [4.69, 9.17) is 9.29 Å². The van der Waals surface area contributed by atoms with Crippen molar-refractivity contribution in [1.82, 2.24) is 0 Å². The van der Waals surface area contributed by atoms with Crippen LogP contribution in [0.15, 0.2) is 52.3 Å². The molecule has 2 aromatic rings. The SMILES string of the molecule is COc1ccc(S(=O)(=O)O)cc1NS(=O)(=O)c1ccc(C)cc1.[Na]. The molecule has 125 valence electrons. The maximum absolute atomic E-state index is 12.4. The van der Waals surface area contributed by atoms with Crippen LogP contribution < -0.4 is 9.46 Å². The van der Waals surface area contributed by atoms with Crippen LogP contribution in [0.2, 0.25) is 0 Å². The maximum Gasteiger partial charge on any atom is 0.294 e. The number of methoxy groups -OCH3 is 1. The van der Waals surface area contributed by atoms with Gasteiger partial charge in [-0.05, 0) is 37.3 Å². The van der Waals surface area contributed by atoms with Crippen LogP contribution >= 0.6 is 0 Å². The number of rotatable bonds is 5. The summed E-state index contributed by atoms with van der Waals surface area (Å²) in [5.41, 5.74) is 0.804. The van der Waals surface area contributed by atoms with Gasteiger partial charge in [-0.25, -0.2) is 8.42 Å². The molecule has 0 spiro atoms. The van der Waals surface area contributed by atoms with Crippen molar-refractivity contribution in [2.45, 2.75) is 16.7 Å². The molecule has 0 aliphatic rings. The Bertz CT molecular complexity index is 924. The molecule has 10 heteroatoms. The number of benzene rings is 2. The fraction of sp³-hybridized carbons (Fsp3) is 0.143. The zero-order valence-electron chi connectivity index (χ0n) is 13.3. The van der Waals surface area contributed by atoms with E-state index < -0.39 is 25.0 Å². The van der Waals surface area contributed by atoms with E-state index in [2.05, 4.69) is 4.72 Å². The molecule has 0 aliphatic carbocycles. The molecule has 0 heterocycles. The first-order chi connectivity index (χ1) is 10.6. The monoisotopic (exact) mass is 380 g/mol. The molecule has 24 heavy (non-hydrogen) atoms. The molecule has 0 saturated carbocycles. The Hall–Kier alpha value is -1.10. The van der Waals surface area contributed by atoms with Gasteiger partial charge in [-0.15, -0.1) is 0 Å². The number of nitrogens with one attached hydrogen (secondary N) is 1. The van der Waals surface area contributed by atoms with Crippen LogP contribution in [-0.2, 0) is 20.1 Å². The fourth-order valence-electron chi connectivity index (χ4n) is 1.85. The minimum absolute atomic E-state index is 0. The van der Waals surface area contributed by atoms with E-state index in [9.17, 15) is 16.8 Å². The summed E-state index contributed by atoms with van der Waals surface area (Å²) >= 11 is 0. The van der Waals surface area contributed by atoms with E-state index in [1.54, 1.807) is 12.1 Å². The van der Waals surface area contributed by atoms with Gasteiger partial charge >= 0.3 is 0 Å². The molecule has 2 aromatic carbocycles. The predicted molar refractivity (Wildman–Crippen MR) is 90.6 cm³/mol. The van der Waals surface area contributed by atoms with E-state index in [0.29, 0.717) is 0 Å². The molecule has 0 unspecified atom stereocenters. The molecule has 0 atom stereocenters. The molecule has 0 aliphatic heterocycles. The summed E-state index contributed by atoms with van der Waals surface area (Å²) < 4.78 is 63.5. The van der Waals surface area contributed by atoms with E-state index in [-0.39, 0.29) is 45.9 Å². The Labute approximate surface area is 163 Å². The van der Waals surface area contributed by atoms with Crippen molar-refractivity contribution in [3.05, 3.63) is 48.0 Å². The number of aryl methyl sites for hydroxylation is 1. The second kappa shape index (κ2) is 7.85. The van der Waals surface area contributed by atoms with Crippen LogP contribution in [0.4, 0.5) is 5.69 Å². The van der Waals surface area contributed by atoms with Gasteiger partial charge < -0.3 is 4.74 Å². The van der Waals surface area contributed by atoms with E-state index in [1.165, 1.54) is 25.3 Å². The summed E-state index contributed by atoms with van der Waals surface area (Å²) in [4.78, 5) is -0.428. The van der Waals surface area contributed by atoms with Gasteiger partial charge in [-0.2, -0.15) is 8.42 Å². The summed E-state index contributed by atoms with van der Waals surface area (Å²) in [6.45, 7) is 1.82. The zero-order valence-corrected chi connectivity index (χ0v) is 17.0. The number of sulfonamides is 1. The molecule has 2 N–H and O–H groups in total. The van der Waals surface area contributed by atoms with Crippen molar-refractivity contribution in [2.75, 3.05) is 11.8 Å². The minimum Gasteiger partial charge on any atom is -0.495 e. The standard InChI is InChI=1S/C14H15NO6S2.Na/c1-10-3-5-11(6-4-10)22(16,17)15-13-9-12(23(18,19)20)7-8-14(13)21-2;/h3-9,15H,1-2H3,(H,18,19,20);. The van der Waals surface area contributed by atoms with Crippen molar-refractivity contribution >= 4 is 55.4 Å². The maximum atomic E-state index is 12.4. The van der Waals surface area contributed by atoms with Gasteiger partial charge in [-0.3, -0.25) is 9.27 Å². The largest absolute Gasteiger partial charge is 0.495 e. The summed E-state index contributed by atoms with van der Waals surface area (Å²) in [6.07, 6.45) is 0. The van der Waals surface area contributed by atoms with Gasteiger partial charge in [0.25, 0.3) is 20.1 Å². The molecule has 0 aromatic heterocycles. The average molecular weight is 380 g/mol. The Kier molecular flexibility index (Phi) is 6.85. The van der Waals surface area contributed by atoms with E-state index in [0.717, 1.165) is 17.7 Å². The summed E-state index contributed by atoms with van der Waals surface area (Å²) in [7, 11) is -7.09. The Morgan fingerprint density at radius 3 is 2.00 bits per heavy atom. The van der Waals surface area contributed by atoms with Crippen molar-refractivity contribution < 1.29 is 26.1 Å². The van der Waals surface area contributed by atoms with Crippen molar-refractivity contribution in [1.29, 1.82) is 0 Å². The summed E-state index contributed by atoms with van der Waals surface area (Å²) in [5.74, 6) is 0.119. The first-order valence-corrected chi connectivity index (χ1v) is 9.31. The molecule has 0 fully saturated rings. The molecule has 1 radical (unpaired) electrons. The van der Waals surface area contributed by atoms with E-state index in [1.807, 2.05) is 6.92 Å². The summed E-state index contributed by atoms with van der Waals surface area (Å²) in [5, 5.41) is 0. The number of hydrogen-bond acceptors (Lipinski definition) is 5. The molecule has 7 nitrogen and oxygen atoms in total. The van der Waals surface area contributed by atoms with Crippen LogP contribution in [-0.4, -0.2) is 58.1 Å². The Morgan fingerprint density at radius 1 is 0.958 bits per heavy atom. The van der Waals surface area contributed by atoms with Gasteiger partial charge in [0.2, 0.25) is 0 Å². The minimum atomic E-state index is -4.47. The van der Waals surface area contributed by atoms with Crippen LogP contribution in [0.1, 0.15) is 5.56 Å². The third-order valence-electron chi connectivity index (χ3n) is 3.04. The number of ether oxygens (including phenoxy) is 1. The van der Waals surface area contributed by atoms with Gasteiger partial charge in [0, 0.05) is 29.6 Å². The Morgan fingerprint density at radius 2 is 1.50 bits per heavy atom. The van der Waals surface area contributed by atoms with Crippen LogP contribution in [0, 0.1) is 6.92 Å². The van der Waals surface area contributed by atoms with Crippen LogP contribution in [0.5, 0.6) is 5.75 Å². The van der Waals surface area contributed by atoms with Crippen LogP contribution in [0.25, 0.3) is 0 Å². The molecular formula is C14H15NNaO6S2. The molecule has 0 bridgehead atoms. The summed E-state index contributed by atoms with van der Waals surface area (Å²) in [6, 6.07) is 9.47. The second-order valence-electron chi connectivity index (χ2n) is 4.76. The van der Waals surface area contributed by atoms with Gasteiger partial charge in [0.05, 0.1) is 22.6 Å². The van der Waals surface area contributed by atoms with Gasteiger partial charge in [0.1, 0.15) is 5.75 Å². The smallest absolute Gasteiger partial charge is 0.294 e. The second-order valence-corrected chi connectivity index (χ2v) is 7.86. The number of hydrogen-bond donors (Lipinski definition) is 2. The molecule has 0 amide bonds. The number of anilines is 1.